The van der Waals surface area contributed by atoms with Crippen molar-refractivity contribution >= 4 is 101 Å². The van der Waals surface area contributed by atoms with Crippen molar-refractivity contribution in [3.05, 3.63) is 12.7 Å². The number of hydrogen-bond donors (Lipinski definition) is 11. The van der Waals surface area contributed by atoms with Crippen molar-refractivity contribution in [1.82, 2.24) is 25.0 Å². The maximum Gasteiger partial charge on any atom is 0.114 e. The number of nitrogens with zero attached hydrogens (tertiary/aromatic N) is 16. The Morgan fingerprint density at radius 1 is 0.255 bits per heavy atom. The van der Waals surface area contributed by atoms with Gasteiger partial charge in [-0.05, 0) is 195 Å². The van der Waals surface area contributed by atoms with Crippen LogP contribution in [0.3, 0.4) is 0 Å². The molecule has 27 nitrogen and oxygen atoms in total. The molecule has 0 spiro atoms. The van der Waals surface area contributed by atoms with Crippen LogP contribution in [0.2, 0.25) is 75.5 Å². The van der Waals surface area contributed by atoms with E-state index >= 15 is 0 Å². The van der Waals surface area contributed by atoms with Gasteiger partial charge in [0, 0.05) is 325 Å². The zero-order valence-corrected chi connectivity index (χ0v) is 113. The van der Waals surface area contributed by atoms with E-state index in [-0.39, 0.29) is 235 Å². The molecule has 0 amide bonds. The fourth-order valence-corrected chi connectivity index (χ4v) is 18.7. The van der Waals surface area contributed by atoms with Gasteiger partial charge in [-0.3, -0.25) is 30.0 Å². The molecule has 888 valence electrons. The molecular weight excluding hydrogens is 2350 g/mol. The van der Waals surface area contributed by atoms with E-state index in [9.17, 15) is 51.1 Å². The van der Waals surface area contributed by atoms with Crippen LogP contribution in [0.25, 0.3) is 0 Å². The molecule has 11 N–H and O–H groups in total. The van der Waals surface area contributed by atoms with E-state index in [4.69, 9.17) is 5.11 Å². The molecule has 0 aliphatic rings. The van der Waals surface area contributed by atoms with Gasteiger partial charge in [0.25, 0.3) is 0 Å². The number of hydrogen-bond acceptors (Lipinski definition) is 27. The van der Waals surface area contributed by atoms with Gasteiger partial charge in [-0.15, -0.1) is 0 Å². The molecule has 0 aromatic heterocycles. The topological polar surface area (TPSA) is 375 Å². The van der Waals surface area contributed by atoms with Gasteiger partial charge < -0.3 is 81.2 Å². The molecule has 0 aliphatic heterocycles. The minimum Gasteiger partial charge on any atom is -0.388 e. The molecule has 0 rings (SSSR count). The summed E-state index contributed by atoms with van der Waals surface area (Å²) in [6.07, 6.45) is 23.9. The summed E-state index contributed by atoms with van der Waals surface area (Å²) < 4.78 is 0. The molecule has 7 unspecified atom stereocenters. The van der Waals surface area contributed by atoms with Gasteiger partial charge >= 0.3 is 0 Å². The van der Waals surface area contributed by atoms with Crippen molar-refractivity contribution in [1.29, 1.82) is 0 Å². The summed E-state index contributed by atoms with van der Waals surface area (Å²) in [4.78, 5) is 25.3. The van der Waals surface area contributed by atoms with E-state index in [1.165, 1.54) is 18.5 Å². The third-order valence-electron chi connectivity index (χ3n) is 22.7. The van der Waals surface area contributed by atoms with Crippen molar-refractivity contribution in [3.63, 3.8) is 0 Å². The van der Waals surface area contributed by atoms with Gasteiger partial charge in [0.1, 0.15) is 22.4 Å². The van der Waals surface area contributed by atoms with Gasteiger partial charge in [0.2, 0.25) is 0 Å². The van der Waals surface area contributed by atoms with E-state index in [0.717, 1.165) is 55.5 Å². The van der Waals surface area contributed by atoms with Crippen LogP contribution in [0.5, 0.6) is 0 Å². The average Bonchev–Trinajstić information content (AvgIpc) is 0.802. The Kier molecular flexibility index (Phi) is 136. The predicted molar refractivity (Wildman–Crippen MR) is 590 cm³/mol. The Morgan fingerprint density at radius 2 is 0.468 bits per heavy atom. The van der Waals surface area contributed by atoms with Crippen LogP contribution in [0.4, 0.5) is 0 Å². The van der Waals surface area contributed by atoms with E-state index < -0.39 is 92.4 Å². The SMILES string of the molecule is C=CC(C)(O)C=NC(C)C.CC(C)N=CC(C)(O)[Si](C)(C)C.CC(C)N=CC(O)(C(C)C)C(C)C.CCC(C)(O)C=NN(C)C.CCC(O)(C=NC(C)C)C(C)C.CCC(O)(C=NC(C)C)CC.CCC(O)(C=NN(C)C)CC.CC[Si](CC)(CC)C(C)(O)C=NC(C)C.CC[Si](CC)(CC)C(C)(O)C=NN(C)C.CN(C)N=CC(C)(C)O.CN(C)N=CC(C)(O)[Si](C)(C)C.[Ni].[Ni].[Ni].[Ni].[Ni].[Ni].[Ni].[Ni].[Ni].[Ni].[Ni]. The third-order valence-corrected chi connectivity index (χ3v) is 41.7. The second-order valence-electron chi connectivity index (χ2n) is 41.6. The summed E-state index contributed by atoms with van der Waals surface area (Å²) in [6.45, 7) is 91.6. The maximum atomic E-state index is 10.6. The first-order chi connectivity index (χ1) is 58.2. The molecule has 0 aliphatic carbocycles. The molecule has 7 atom stereocenters. The monoisotopic (exact) mass is 2560 g/mol. The number of hydrazone groups is 5. The number of aliphatic imine (C=N–C) groups is 6. The molecule has 0 saturated carbocycles. The zero-order chi connectivity index (χ0) is 106. The molecule has 0 heterocycles. The van der Waals surface area contributed by atoms with E-state index in [1.54, 1.807) is 109 Å². The molecule has 141 heavy (non-hydrogen) atoms. The third kappa shape index (κ3) is 106. The summed E-state index contributed by atoms with van der Waals surface area (Å²) in [6, 6.07) is 8.25. The van der Waals surface area contributed by atoms with Crippen LogP contribution >= 0.6 is 0 Å². The van der Waals surface area contributed by atoms with Crippen LogP contribution in [0.1, 0.15) is 302 Å². The van der Waals surface area contributed by atoms with E-state index in [1.807, 2.05) is 264 Å². The summed E-state index contributed by atoms with van der Waals surface area (Å²) >= 11 is 0. The van der Waals surface area contributed by atoms with Crippen molar-refractivity contribution in [3.8, 4) is 0 Å². The van der Waals surface area contributed by atoms with Crippen molar-refractivity contribution in [2.45, 2.75) is 474 Å². The van der Waals surface area contributed by atoms with Crippen LogP contribution in [-0.2, 0) is 181 Å². The smallest absolute Gasteiger partial charge is 0.114 e. The molecule has 42 heteroatoms. The standard InChI is InChI=1S/C12H27NOSi.C11H26N2OSi.C11H23NO.C10H21NO.C9H21NOSi.C9H19NO.C8H20N2OSi.C8H18N2O.C8H15NO.C7H16N2O.C6H14N2O.11Ni/c1-7-15(8-2,9-3)12(6,14)10-13-11(4)5;1-7-15(8-2,9-3)11(4,14)10-12-13(5)6;1-8(2)11(13,9(3)4)7-12-10(5)6;1-6-10(12,8(2)3)7-11-9(4)5;1-8(2)10-7-9(3,11)12(4,5)6;1-5-9(11,6-2)7-10-8(3)4;1-8(11,12(4,5)6)7-9-10(2)3;1-5-8(11,6-2)7-9-10(3)4;1-5-8(4,10)6-9-7(2)3;1-5-7(2,10)6-8-9(3)4;1-6(2,9)5-7-8(3)4;;;;;;;;;;;/h10-11,14H,7-9H2,1-6H3;10,14H,7-9H2,1-6H3;7-10,13H,1-6H3;7-9,12H,6H2,1-5H3;7-8,11H,1-6H3;7-8,11H,5-6H2,1-4H3;7,11H,1-6H3;7,11H,5-6H2,1-4H3;5-7,10H,1H2,2-4H3;6,10H,5H2,1-4H3;5,9H,1-4H3;;;;;;;;;;;. The first-order valence-electron chi connectivity index (χ1n) is 48.2. The van der Waals surface area contributed by atoms with E-state index in [0.29, 0.717) is 19.3 Å². The number of aliphatic hydroxyl groups is 11. The number of rotatable bonds is 42. The van der Waals surface area contributed by atoms with Crippen LogP contribution in [-0.4, -0.2) is 349 Å². The largest absolute Gasteiger partial charge is 0.388 e. The Bertz CT molecular complexity index is 2980. The summed E-state index contributed by atoms with van der Waals surface area (Å²) in [5, 5.41) is 134. The summed E-state index contributed by atoms with van der Waals surface area (Å²) in [5.41, 5.74) is -5.39. The molecule has 0 saturated heterocycles. The van der Waals surface area contributed by atoms with Crippen molar-refractivity contribution in [2.75, 3.05) is 70.5 Å². The first kappa shape index (κ1) is 196. The quantitative estimate of drug-likeness (QED) is 0.0117. The summed E-state index contributed by atoms with van der Waals surface area (Å²) in [5.74, 6) is 0.634. The molecule has 0 radical (unpaired) electrons. The Morgan fingerprint density at radius 3 is 0.681 bits per heavy atom. The van der Waals surface area contributed by atoms with Gasteiger partial charge in [0.05, 0.1) is 101 Å². The van der Waals surface area contributed by atoms with Gasteiger partial charge in [-0.2, -0.15) is 25.5 Å². The van der Waals surface area contributed by atoms with Crippen LogP contribution < -0.4 is 0 Å². The minimum atomic E-state index is -1.63. The van der Waals surface area contributed by atoms with Crippen molar-refractivity contribution in [2.24, 2.45) is 73.2 Å². The second kappa shape index (κ2) is 97.9. The van der Waals surface area contributed by atoms with Crippen LogP contribution in [0, 0.1) is 17.8 Å². The fourth-order valence-electron chi connectivity index (χ4n) is 9.83. The minimum absolute atomic E-state index is 0. The Labute approximate surface area is 983 Å². The van der Waals surface area contributed by atoms with Gasteiger partial charge in [-0.1, -0.05) is 213 Å². The van der Waals surface area contributed by atoms with Gasteiger partial charge in [0.15, 0.2) is 0 Å². The van der Waals surface area contributed by atoms with Crippen LogP contribution in [0.15, 0.2) is 68.1 Å². The molecule has 0 aromatic carbocycles. The predicted octanol–water partition coefficient (Wildman–Crippen LogP) is 19.1. The first-order valence-corrected chi connectivity index (χ1v) is 60.4. The fraction of sp³-hybridized carbons (Fsp3) is 0.869. The Hall–Kier alpha value is 0.966. The molecular formula is C99H220N16Ni11O11Si4. The Balaban J connectivity index is -0.0000000550. The van der Waals surface area contributed by atoms with E-state index in [2.05, 4.69) is 143 Å². The molecule has 0 fully saturated rings. The van der Waals surface area contributed by atoms with Gasteiger partial charge in [-0.25, -0.2) is 0 Å². The molecule has 0 aromatic rings. The maximum absolute atomic E-state index is 10.6. The normalized spacial score (nSPS) is 14.8. The second-order valence-corrected chi connectivity index (χ2v) is 64.0. The molecule has 0 bridgehead atoms. The summed E-state index contributed by atoms with van der Waals surface area (Å²) in [7, 11) is 12.0. The zero-order valence-electron chi connectivity index (χ0n) is 98.4. The van der Waals surface area contributed by atoms with Crippen molar-refractivity contribution < 1.29 is 238 Å². The average molecular weight is 2570 g/mol.